The molecule has 1 atom stereocenters. The summed E-state index contributed by atoms with van der Waals surface area (Å²) in [7, 11) is 0. The van der Waals surface area contributed by atoms with Crippen molar-refractivity contribution in [3.8, 4) is 22.8 Å². The first-order valence-corrected chi connectivity index (χ1v) is 11.5. The molecule has 5 aromatic rings. The number of fused-ring (bicyclic) bond motifs is 1. The average Bonchev–Trinajstić information content (AvgIpc) is 3.57. The van der Waals surface area contributed by atoms with Gasteiger partial charge in [-0.15, -0.1) is 10.2 Å². The van der Waals surface area contributed by atoms with E-state index in [-0.39, 0.29) is 11.8 Å². The molecule has 0 saturated carbocycles. The van der Waals surface area contributed by atoms with Crippen LogP contribution in [-0.4, -0.2) is 43.5 Å². The van der Waals surface area contributed by atoms with Gasteiger partial charge in [0.2, 0.25) is 5.89 Å². The SMILES string of the molecule is O=C(c1ccccc1-c1ncc(-c2ccccc2)o1)N1CCCC(c2nnc3ccccn23)C1. The van der Waals surface area contributed by atoms with Crippen molar-refractivity contribution in [2.75, 3.05) is 13.1 Å². The summed E-state index contributed by atoms with van der Waals surface area (Å²) >= 11 is 0. The number of piperidine rings is 1. The van der Waals surface area contributed by atoms with E-state index in [1.54, 1.807) is 6.20 Å². The highest BCUT2D eigenvalue weighted by Crippen LogP contribution is 2.31. The molecule has 0 N–H and O–H groups in total. The normalized spacial score (nSPS) is 16.1. The number of hydrogen-bond donors (Lipinski definition) is 0. The predicted octanol–water partition coefficient (Wildman–Crippen LogP) is 5.07. The number of carbonyl (C=O) groups excluding carboxylic acids is 1. The highest BCUT2D eigenvalue weighted by molar-refractivity contribution is 6.00. The van der Waals surface area contributed by atoms with Gasteiger partial charge in [-0.1, -0.05) is 48.5 Å². The maximum atomic E-state index is 13.7. The third-order valence-electron chi connectivity index (χ3n) is 6.37. The number of likely N-dealkylation sites (tertiary alicyclic amines) is 1. The van der Waals surface area contributed by atoms with Crippen molar-refractivity contribution in [2.24, 2.45) is 0 Å². The van der Waals surface area contributed by atoms with E-state index in [0.717, 1.165) is 29.9 Å². The topological polar surface area (TPSA) is 76.5 Å². The van der Waals surface area contributed by atoms with E-state index in [1.807, 2.05) is 88.3 Å². The summed E-state index contributed by atoms with van der Waals surface area (Å²) in [5.41, 5.74) is 3.06. The molecule has 1 aliphatic heterocycles. The zero-order chi connectivity index (χ0) is 22.9. The van der Waals surface area contributed by atoms with Crippen molar-refractivity contribution < 1.29 is 9.21 Å². The van der Waals surface area contributed by atoms with Crippen LogP contribution in [0.4, 0.5) is 0 Å². The fourth-order valence-electron chi connectivity index (χ4n) is 4.67. The maximum absolute atomic E-state index is 13.7. The Morgan fingerprint density at radius 2 is 1.76 bits per heavy atom. The van der Waals surface area contributed by atoms with Gasteiger partial charge in [0.15, 0.2) is 11.4 Å². The first-order chi connectivity index (χ1) is 16.8. The lowest BCUT2D eigenvalue weighted by Crippen LogP contribution is -2.39. The molecule has 1 aliphatic rings. The molecule has 0 radical (unpaired) electrons. The maximum Gasteiger partial charge on any atom is 0.254 e. The first-order valence-electron chi connectivity index (χ1n) is 11.5. The van der Waals surface area contributed by atoms with Gasteiger partial charge >= 0.3 is 0 Å². The smallest absolute Gasteiger partial charge is 0.254 e. The molecular formula is C27H23N5O2. The number of nitrogens with zero attached hydrogens (tertiary/aromatic N) is 5. The number of pyridine rings is 1. The summed E-state index contributed by atoms with van der Waals surface area (Å²) in [4.78, 5) is 20.1. The third kappa shape index (κ3) is 3.65. The molecule has 168 valence electrons. The summed E-state index contributed by atoms with van der Waals surface area (Å²) < 4.78 is 8.08. The molecule has 4 heterocycles. The lowest BCUT2D eigenvalue weighted by molar-refractivity contribution is 0.0704. The van der Waals surface area contributed by atoms with E-state index < -0.39 is 0 Å². The zero-order valence-electron chi connectivity index (χ0n) is 18.5. The molecule has 1 fully saturated rings. The van der Waals surface area contributed by atoms with Crippen LogP contribution in [-0.2, 0) is 0 Å². The minimum atomic E-state index is -0.0198. The third-order valence-corrected chi connectivity index (χ3v) is 6.37. The van der Waals surface area contributed by atoms with Crippen molar-refractivity contribution in [2.45, 2.75) is 18.8 Å². The van der Waals surface area contributed by atoms with Crippen LogP contribution in [0, 0.1) is 0 Å². The molecule has 7 heteroatoms. The van der Waals surface area contributed by atoms with E-state index in [0.29, 0.717) is 35.9 Å². The van der Waals surface area contributed by atoms with Gasteiger partial charge in [0.05, 0.1) is 11.8 Å². The number of benzene rings is 2. The largest absolute Gasteiger partial charge is 0.436 e. The van der Waals surface area contributed by atoms with Gasteiger partial charge in [0.1, 0.15) is 5.82 Å². The quantitative estimate of drug-likeness (QED) is 0.383. The fourth-order valence-corrected chi connectivity index (χ4v) is 4.67. The Kier molecular flexibility index (Phi) is 5.14. The van der Waals surface area contributed by atoms with Crippen molar-refractivity contribution in [1.82, 2.24) is 24.5 Å². The van der Waals surface area contributed by atoms with Gasteiger partial charge < -0.3 is 9.32 Å². The first kappa shape index (κ1) is 20.4. The molecule has 3 aromatic heterocycles. The molecule has 0 bridgehead atoms. The van der Waals surface area contributed by atoms with Crippen LogP contribution in [0.2, 0.25) is 0 Å². The summed E-state index contributed by atoms with van der Waals surface area (Å²) in [5, 5.41) is 8.72. The molecule has 7 nitrogen and oxygen atoms in total. The number of oxazole rings is 1. The predicted molar refractivity (Wildman–Crippen MR) is 128 cm³/mol. The average molecular weight is 450 g/mol. The van der Waals surface area contributed by atoms with Crippen LogP contribution in [0.25, 0.3) is 28.4 Å². The van der Waals surface area contributed by atoms with Gasteiger partial charge in [-0.2, -0.15) is 0 Å². The highest BCUT2D eigenvalue weighted by Gasteiger charge is 2.30. The molecular weight excluding hydrogens is 426 g/mol. The molecule has 1 saturated heterocycles. The van der Waals surface area contributed by atoms with E-state index >= 15 is 0 Å². The van der Waals surface area contributed by atoms with Gasteiger partial charge in [-0.3, -0.25) is 9.20 Å². The Morgan fingerprint density at radius 1 is 0.941 bits per heavy atom. The van der Waals surface area contributed by atoms with E-state index in [4.69, 9.17) is 4.42 Å². The monoisotopic (exact) mass is 449 g/mol. The van der Waals surface area contributed by atoms with Gasteiger partial charge in [-0.25, -0.2) is 4.98 Å². The Bertz CT molecular complexity index is 1460. The van der Waals surface area contributed by atoms with Gasteiger partial charge in [0, 0.05) is 36.3 Å². The molecule has 34 heavy (non-hydrogen) atoms. The number of rotatable bonds is 4. The standard InChI is InChI=1S/C27H23N5O2/c33-27(31-15-8-11-20(18-31)25-30-29-24-14-6-7-16-32(24)25)22-13-5-4-12-21(22)26-28-17-23(34-26)19-9-2-1-3-10-19/h1-7,9-10,12-14,16-17,20H,8,11,15,18H2. The van der Waals surface area contributed by atoms with E-state index in [2.05, 4.69) is 15.2 Å². The number of aromatic nitrogens is 4. The van der Waals surface area contributed by atoms with Crippen LogP contribution in [0.15, 0.2) is 89.6 Å². The van der Waals surface area contributed by atoms with Crippen molar-refractivity contribution in [3.05, 3.63) is 96.6 Å². The molecule has 6 rings (SSSR count). The Labute approximate surface area is 196 Å². The second-order valence-electron chi connectivity index (χ2n) is 8.52. The number of hydrogen-bond acceptors (Lipinski definition) is 5. The Balaban J connectivity index is 1.28. The fraction of sp³-hybridized carbons (Fsp3) is 0.185. The molecule has 2 aromatic carbocycles. The summed E-state index contributed by atoms with van der Waals surface area (Å²) in [6.45, 7) is 1.31. The van der Waals surface area contributed by atoms with Crippen LogP contribution in [0.5, 0.6) is 0 Å². The van der Waals surface area contributed by atoms with Crippen molar-refractivity contribution in [3.63, 3.8) is 0 Å². The highest BCUT2D eigenvalue weighted by atomic mass is 16.4. The van der Waals surface area contributed by atoms with Gasteiger partial charge in [-0.05, 0) is 37.1 Å². The Hall–Kier alpha value is -4.26. The minimum Gasteiger partial charge on any atom is -0.436 e. The summed E-state index contributed by atoms with van der Waals surface area (Å²) in [6.07, 6.45) is 5.58. The van der Waals surface area contributed by atoms with Crippen molar-refractivity contribution >= 4 is 11.6 Å². The molecule has 0 spiro atoms. The summed E-state index contributed by atoms with van der Waals surface area (Å²) in [6, 6.07) is 23.2. The second-order valence-corrected chi connectivity index (χ2v) is 8.52. The lowest BCUT2D eigenvalue weighted by atomic mass is 9.96. The van der Waals surface area contributed by atoms with Gasteiger partial charge in [0.25, 0.3) is 5.91 Å². The molecule has 1 amide bonds. The lowest BCUT2D eigenvalue weighted by Gasteiger charge is -2.32. The molecule has 0 aliphatic carbocycles. The van der Waals surface area contributed by atoms with Crippen LogP contribution in [0.3, 0.4) is 0 Å². The van der Waals surface area contributed by atoms with Crippen LogP contribution < -0.4 is 0 Å². The van der Waals surface area contributed by atoms with Crippen LogP contribution >= 0.6 is 0 Å². The number of amides is 1. The minimum absolute atomic E-state index is 0.0198. The number of carbonyl (C=O) groups is 1. The van der Waals surface area contributed by atoms with E-state index in [9.17, 15) is 4.79 Å². The molecule has 1 unspecified atom stereocenters. The van der Waals surface area contributed by atoms with E-state index in [1.165, 1.54) is 0 Å². The Morgan fingerprint density at radius 3 is 2.68 bits per heavy atom. The summed E-state index contributed by atoms with van der Waals surface area (Å²) in [5.74, 6) is 2.14. The van der Waals surface area contributed by atoms with Crippen molar-refractivity contribution in [1.29, 1.82) is 0 Å². The van der Waals surface area contributed by atoms with Crippen LogP contribution in [0.1, 0.15) is 34.9 Å². The second kappa shape index (κ2) is 8.59. The zero-order valence-corrected chi connectivity index (χ0v) is 18.5.